The van der Waals surface area contributed by atoms with Gasteiger partial charge in [0.15, 0.2) is 5.11 Å². The zero-order valence-electron chi connectivity index (χ0n) is 14.8. The Bertz CT molecular complexity index is 716. The molecule has 0 aliphatic rings. The molecular weight excluding hydrogens is 332 g/mol. The van der Waals surface area contributed by atoms with E-state index in [1.807, 2.05) is 36.4 Å². The molecule has 6 heteroatoms. The lowest BCUT2D eigenvalue weighted by atomic mass is 10.2. The SMILES string of the molecule is CCCN(C)c1ccc(/C=N/NC(=S)Nc2cccc(OC)c2)cc1. The predicted octanol–water partition coefficient (Wildman–Crippen LogP) is 3.86. The first-order valence-electron chi connectivity index (χ1n) is 8.17. The van der Waals surface area contributed by atoms with Gasteiger partial charge in [-0.2, -0.15) is 5.10 Å². The third-order valence-corrected chi connectivity index (χ3v) is 3.79. The maximum Gasteiger partial charge on any atom is 0.191 e. The van der Waals surface area contributed by atoms with Crippen LogP contribution in [-0.4, -0.2) is 32.0 Å². The minimum Gasteiger partial charge on any atom is -0.497 e. The number of hydrogen-bond donors (Lipinski definition) is 2. The summed E-state index contributed by atoms with van der Waals surface area (Å²) in [5.41, 5.74) is 5.86. The Morgan fingerprint density at radius 2 is 2.00 bits per heavy atom. The fourth-order valence-corrected chi connectivity index (χ4v) is 2.48. The summed E-state index contributed by atoms with van der Waals surface area (Å²) in [6.07, 6.45) is 2.87. The van der Waals surface area contributed by atoms with Crippen LogP contribution in [0.15, 0.2) is 53.6 Å². The summed E-state index contributed by atoms with van der Waals surface area (Å²) in [7, 11) is 3.72. The number of anilines is 2. The van der Waals surface area contributed by atoms with E-state index in [0.717, 1.165) is 30.0 Å². The standard InChI is InChI=1S/C19H24N4OS/c1-4-12-23(2)17-10-8-15(9-11-17)14-20-22-19(25)21-16-6-5-7-18(13-16)24-3/h5-11,13-14H,4,12H2,1-3H3,(H2,21,22,25)/b20-14+. The van der Waals surface area contributed by atoms with Crippen molar-refractivity contribution in [1.29, 1.82) is 0 Å². The van der Waals surface area contributed by atoms with Gasteiger partial charge in [0.1, 0.15) is 5.75 Å². The second-order valence-electron chi connectivity index (χ2n) is 5.57. The van der Waals surface area contributed by atoms with E-state index in [1.54, 1.807) is 13.3 Å². The van der Waals surface area contributed by atoms with Crippen LogP contribution in [0.3, 0.4) is 0 Å². The van der Waals surface area contributed by atoms with Gasteiger partial charge in [-0.15, -0.1) is 0 Å². The van der Waals surface area contributed by atoms with Crippen LogP contribution in [0.5, 0.6) is 5.75 Å². The maximum atomic E-state index is 5.23. The first kappa shape index (κ1) is 18.7. The Labute approximate surface area is 154 Å². The number of thiocarbonyl (C=S) groups is 1. The van der Waals surface area contributed by atoms with E-state index >= 15 is 0 Å². The number of ether oxygens (including phenoxy) is 1. The molecule has 2 aromatic rings. The molecule has 0 amide bonds. The molecule has 0 aliphatic heterocycles. The molecule has 2 rings (SSSR count). The molecule has 0 spiro atoms. The van der Waals surface area contributed by atoms with Crippen molar-refractivity contribution in [3.63, 3.8) is 0 Å². The van der Waals surface area contributed by atoms with Crippen LogP contribution in [0.1, 0.15) is 18.9 Å². The molecule has 132 valence electrons. The number of methoxy groups -OCH3 is 1. The minimum absolute atomic E-state index is 0.420. The van der Waals surface area contributed by atoms with Crippen LogP contribution in [0.25, 0.3) is 0 Å². The molecule has 0 unspecified atom stereocenters. The molecule has 0 atom stereocenters. The summed E-state index contributed by atoms with van der Waals surface area (Å²) >= 11 is 5.23. The maximum absolute atomic E-state index is 5.23. The largest absolute Gasteiger partial charge is 0.497 e. The quantitative estimate of drug-likeness (QED) is 0.448. The molecule has 25 heavy (non-hydrogen) atoms. The van der Waals surface area contributed by atoms with E-state index in [4.69, 9.17) is 17.0 Å². The molecule has 0 fully saturated rings. The molecule has 0 saturated heterocycles. The van der Waals surface area contributed by atoms with Gasteiger partial charge in [-0.3, -0.25) is 5.43 Å². The van der Waals surface area contributed by atoms with E-state index in [0.29, 0.717) is 5.11 Å². The number of nitrogens with one attached hydrogen (secondary N) is 2. The van der Waals surface area contributed by atoms with Crippen molar-refractivity contribution in [3.05, 3.63) is 54.1 Å². The highest BCUT2D eigenvalue weighted by Crippen LogP contribution is 2.16. The van der Waals surface area contributed by atoms with Gasteiger partial charge in [0.05, 0.1) is 13.3 Å². The van der Waals surface area contributed by atoms with Gasteiger partial charge in [0.25, 0.3) is 0 Å². The van der Waals surface area contributed by atoms with E-state index in [9.17, 15) is 0 Å². The molecule has 2 N–H and O–H groups in total. The van der Waals surface area contributed by atoms with Crippen molar-refractivity contribution in [3.8, 4) is 5.75 Å². The van der Waals surface area contributed by atoms with Crippen molar-refractivity contribution in [1.82, 2.24) is 5.43 Å². The average Bonchev–Trinajstić information content (AvgIpc) is 2.62. The van der Waals surface area contributed by atoms with Gasteiger partial charge in [-0.25, -0.2) is 0 Å². The van der Waals surface area contributed by atoms with Gasteiger partial charge >= 0.3 is 0 Å². The smallest absolute Gasteiger partial charge is 0.191 e. The highest BCUT2D eigenvalue weighted by Gasteiger charge is 2.00. The predicted molar refractivity (Wildman–Crippen MR) is 110 cm³/mol. The first-order chi connectivity index (χ1) is 12.1. The summed E-state index contributed by atoms with van der Waals surface area (Å²) in [5, 5.41) is 7.65. The highest BCUT2D eigenvalue weighted by atomic mass is 32.1. The highest BCUT2D eigenvalue weighted by molar-refractivity contribution is 7.80. The number of hydrogen-bond acceptors (Lipinski definition) is 4. The molecule has 0 saturated carbocycles. The van der Waals surface area contributed by atoms with E-state index in [2.05, 4.69) is 46.8 Å². The third kappa shape index (κ3) is 6.08. The summed E-state index contributed by atoms with van der Waals surface area (Å²) in [6, 6.07) is 15.8. The van der Waals surface area contributed by atoms with Gasteiger partial charge in [0, 0.05) is 31.0 Å². The summed E-state index contributed by atoms with van der Waals surface area (Å²) < 4.78 is 5.18. The number of rotatable bonds is 7. The Kier molecular flexibility index (Phi) is 7.22. The molecule has 5 nitrogen and oxygen atoms in total. The van der Waals surface area contributed by atoms with Crippen LogP contribution in [0.2, 0.25) is 0 Å². The second-order valence-corrected chi connectivity index (χ2v) is 5.98. The molecule has 2 aromatic carbocycles. The first-order valence-corrected chi connectivity index (χ1v) is 8.58. The van der Waals surface area contributed by atoms with E-state index in [1.165, 1.54) is 5.69 Å². The monoisotopic (exact) mass is 356 g/mol. The Morgan fingerprint density at radius 1 is 1.24 bits per heavy atom. The van der Waals surface area contributed by atoms with Crippen LogP contribution in [-0.2, 0) is 0 Å². The van der Waals surface area contributed by atoms with Crippen LogP contribution in [0, 0.1) is 0 Å². The Balaban J connectivity index is 1.86. The van der Waals surface area contributed by atoms with Gasteiger partial charge < -0.3 is 15.0 Å². The Hall–Kier alpha value is -2.60. The fourth-order valence-electron chi connectivity index (χ4n) is 2.30. The van der Waals surface area contributed by atoms with E-state index in [-0.39, 0.29) is 0 Å². The second kappa shape index (κ2) is 9.64. The number of hydrazone groups is 1. The summed E-state index contributed by atoms with van der Waals surface area (Å²) in [4.78, 5) is 2.23. The lowest BCUT2D eigenvalue weighted by Crippen LogP contribution is -2.23. The van der Waals surface area contributed by atoms with Crippen LogP contribution in [0.4, 0.5) is 11.4 Å². The third-order valence-electron chi connectivity index (χ3n) is 3.60. The lowest BCUT2D eigenvalue weighted by Gasteiger charge is -2.18. The van der Waals surface area contributed by atoms with Crippen molar-refractivity contribution < 1.29 is 4.74 Å². The van der Waals surface area contributed by atoms with Gasteiger partial charge in [0.2, 0.25) is 0 Å². The normalized spacial score (nSPS) is 10.5. The van der Waals surface area contributed by atoms with Crippen molar-refractivity contribution >= 4 is 34.9 Å². The Morgan fingerprint density at radius 3 is 2.68 bits per heavy atom. The molecule has 0 bridgehead atoms. The molecule has 0 heterocycles. The van der Waals surface area contributed by atoms with Crippen molar-refractivity contribution in [2.75, 3.05) is 30.9 Å². The molecule has 0 aromatic heterocycles. The van der Waals surface area contributed by atoms with Crippen molar-refractivity contribution in [2.24, 2.45) is 5.10 Å². The van der Waals surface area contributed by atoms with Crippen LogP contribution < -0.4 is 20.4 Å². The zero-order chi connectivity index (χ0) is 18.1. The molecule has 0 radical (unpaired) electrons. The minimum atomic E-state index is 0.420. The zero-order valence-corrected chi connectivity index (χ0v) is 15.6. The van der Waals surface area contributed by atoms with E-state index < -0.39 is 0 Å². The summed E-state index contributed by atoms with van der Waals surface area (Å²) in [5.74, 6) is 0.768. The summed E-state index contributed by atoms with van der Waals surface area (Å²) in [6.45, 7) is 3.21. The average molecular weight is 356 g/mol. The molecule has 0 aliphatic carbocycles. The number of nitrogens with zero attached hydrogens (tertiary/aromatic N) is 2. The van der Waals surface area contributed by atoms with Crippen LogP contribution >= 0.6 is 12.2 Å². The lowest BCUT2D eigenvalue weighted by molar-refractivity contribution is 0.415. The van der Waals surface area contributed by atoms with Gasteiger partial charge in [-0.1, -0.05) is 25.1 Å². The molecular formula is C19H24N4OS. The number of benzene rings is 2. The van der Waals surface area contributed by atoms with Crippen molar-refractivity contribution in [2.45, 2.75) is 13.3 Å². The topological polar surface area (TPSA) is 48.9 Å². The fraction of sp³-hybridized carbons (Fsp3) is 0.263. The van der Waals surface area contributed by atoms with Gasteiger partial charge in [-0.05, 0) is 48.5 Å².